The molecule has 2 amide bonds. The minimum absolute atomic E-state index is 0.0333. The Morgan fingerprint density at radius 2 is 1.76 bits per heavy atom. The molecule has 1 saturated carbocycles. The van der Waals surface area contributed by atoms with Crippen molar-refractivity contribution in [1.82, 2.24) is 10.6 Å². The second kappa shape index (κ2) is 12.2. The Morgan fingerprint density at radius 1 is 1.03 bits per heavy atom. The van der Waals surface area contributed by atoms with E-state index in [0.717, 1.165) is 37.1 Å². The van der Waals surface area contributed by atoms with Crippen LogP contribution in [0.1, 0.15) is 48.0 Å². The van der Waals surface area contributed by atoms with Crippen molar-refractivity contribution in [2.45, 2.75) is 39.0 Å². The molecule has 0 spiro atoms. The zero-order valence-electron chi connectivity index (χ0n) is 19.5. The van der Waals surface area contributed by atoms with E-state index in [1.54, 1.807) is 14.0 Å². The van der Waals surface area contributed by atoms with Crippen LogP contribution in [-0.2, 0) is 4.79 Å². The quantitative estimate of drug-likeness (QED) is 0.467. The van der Waals surface area contributed by atoms with E-state index in [1.165, 1.54) is 24.6 Å². The van der Waals surface area contributed by atoms with Gasteiger partial charge in [0.1, 0.15) is 11.6 Å². The van der Waals surface area contributed by atoms with Gasteiger partial charge in [-0.15, -0.1) is 0 Å². The van der Waals surface area contributed by atoms with Gasteiger partial charge in [-0.3, -0.25) is 9.59 Å². The predicted octanol–water partition coefficient (Wildman–Crippen LogP) is 4.30. The number of amides is 2. The number of nitrogens with one attached hydrogen (secondary N) is 3. The maximum absolute atomic E-state index is 13.5. The highest BCUT2D eigenvalue weighted by atomic mass is 19.1. The molecular weight excluding hydrogens is 421 g/mol. The van der Waals surface area contributed by atoms with Gasteiger partial charge in [-0.2, -0.15) is 0 Å². The van der Waals surface area contributed by atoms with Crippen LogP contribution >= 0.6 is 0 Å². The van der Waals surface area contributed by atoms with E-state index >= 15 is 0 Å². The molecule has 33 heavy (non-hydrogen) atoms. The molecule has 3 N–H and O–H groups in total. The number of rotatable bonds is 10. The number of ether oxygens (including phenoxy) is 1. The number of aryl methyl sites for hydroxylation is 1. The number of anilines is 1. The van der Waals surface area contributed by atoms with Gasteiger partial charge in [0.15, 0.2) is 0 Å². The molecule has 0 bridgehead atoms. The minimum atomic E-state index is -0.339. The molecule has 6 nitrogen and oxygen atoms in total. The van der Waals surface area contributed by atoms with E-state index in [4.69, 9.17) is 4.74 Å². The topological polar surface area (TPSA) is 79.5 Å². The maximum Gasteiger partial charge on any atom is 0.251 e. The van der Waals surface area contributed by atoms with E-state index in [1.807, 2.05) is 24.3 Å². The first-order chi connectivity index (χ1) is 16.0. The lowest BCUT2D eigenvalue weighted by Gasteiger charge is -2.29. The van der Waals surface area contributed by atoms with Crippen LogP contribution in [-0.4, -0.2) is 38.6 Å². The van der Waals surface area contributed by atoms with Crippen LogP contribution in [0, 0.1) is 24.6 Å². The summed E-state index contributed by atoms with van der Waals surface area (Å²) in [5, 5.41) is 9.21. The summed E-state index contributed by atoms with van der Waals surface area (Å²) < 4.78 is 18.7. The van der Waals surface area contributed by atoms with E-state index in [0.29, 0.717) is 24.2 Å². The summed E-state index contributed by atoms with van der Waals surface area (Å²) in [7, 11) is 1.63. The second-order valence-electron chi connectivity index (χ2n) is 8.62. The molecule has 0 saturated heterocycles. The first-order valence-electron chi connectivity index (χ1n) is 11.7. The number of benzene rings is 2. The molecule has 0 radical (unpaired) electrons. The van der Waals surface area contributed by atoms with Crippen molar-refractivity contribution in [2.24, 2.45) is 11.8 Å². The fourth-order valence-electron chi connectivity index (χ4n) is 4.33. The highest BCUT2D eigenvalue weighted by Crippen LogP contribution is 2.30. The van der Waals surface area contributed by atoms with Crippen molar-refractivity contribution >= 4 is 17.5 Å². The van der Waals surface area contributed by atoms with E-state index in [2.05, 4.69) is 16.0 Å². The Morgan fingerprint density at radius 3 is 2.42 bits per heavy atom. The van der Waals surface area contributed by atoms with Gasteiger partial charge < -0.3 is 20.7 Å². The first kappa shape index (κ1) is 24.6. The Hall–Kier alpha value is -3.09. The third-order valence-electron chi connectivity index (χ3n) is 6.30. The third kappa shape index (κ3) is 7.20. The van der Waals surface area contributed by atoms with E-state index < -0.39 is 0 Å². The van der Waals surface area contributed by atoms with Crippen LogP contribution in [0.25, 0.3) is 0 Å². The minimum Gasteiger partial charge on any atom is -0.497 e. The predicted molar refractivity (Wildman–Crippen MR) is 128 cm³/mol. The van der Waals surface area contributed by atoms with Gasteiger partial charge in [-0.05, 0) is 73.7 Å². The standard InChI is InChI=1S/C26H34FN3O3/c1-18-16-20(8-13-24(18)27)25(31)30-17-23(19-6-4-3-5-7-19)26(32)29-15-14-28-21-9-11-22(33-2)12-10-21/h8-13,16,19,23,28H,3-7,14-15,17H2,1-2H3,(H,29,32)(H,30,31). The summed E-state index contributed by atoms with van der Waals surface area (Å²) in [6.07, 6.45) is 5.40. The van der Waals surface area contributed by atoms with Gasteiger partial charge in [-0.1, -0.05) is 19.3 Å². The van der Waals surface area contributed by atoms with Crippen molar-refractivity contribution in [3.8, 4) is 5.75 Å². The first-order valence-corrected chi connectivity index (χ1v) is 11.7. The van der Waals surface area contributed by atoms with Crippen molar-refractivity contribution in [1.29, 1.82) is 0 Å². The van der Waals surface area contributed by atoms with Gasteiger partial charge in [-0.25, -0.2) is 4.39 Å². The van der Waals surface area contributed by atoms with Crippen LogP contribution in [0.4, 0.5) is 10.1 Å². The van der Waals surface area contributed by atoms with E-state index in [9.17, 15) is 14.0 Å². The molecule has 3 rings (SSSR count). The summed E-state index contributed by atoms with van der Waals surface area (Å²) in [6.45, 7) is 2.98. The number of hydrogen-bond donors (Lipinski definition) is 3. The Balaban J connectivity index is 1.53. The lowest BCUT2D eigenvalue weighted by molar-refractivity contribution is -0.126. The molecule has 1 aliphatic carbocycles. The number of halogens is 1. The van der Waals surface area contributed by atoms with Crippen LogP contribution in [0.3, 0.4) is 0 Å². The van der Waals surface area contributed by atoms with Crippen LogP contribution in [0.5, 0.6) is 5.75 Å². The molecule has 1 fully saturated rings. The van der Waals surface area contributed by atoms with Crippen LogP contribution in [0.15, 0.2) is 42.5 Å². The smallest absolute Gasteiger partial charge is 0.251 e. The average Bonchev–Trinajstić information content (AvgIpc) is 2.84. The fourth-order valence-corrected chi connectivity index (χ4v) is 4.33. The molecule has 1 aliphatic rings. The van der Waals surface area contributed by atoms with E-state index in [-0.39, 0.29) is 36.0 Å². The van der Waals surface area contributed by atoms with Gasteiger partial charge in [0, 0.05) is 30.9 Å². The normalized spacial score (nSPS) is 14.9. The van der Waals surface area contributed by atoms with Crippen LogP contribution in [0.2, 0.25) is 0 Å². The Kier molecular flexibility index (Phi) is 9.10. The lowest BCUT2D eigenvalue weighted by atomic mass is 9.79. The van der Waals surface area contributed by atoms with Crippen molar-refractivity contribution in [2.75, 3.05) is 32.1 Å². The molecule has 7 heteroatoms. The highest BCUT2D eigenvalue weighted by Gasteiger charge is 2.29. The highest BCUT2D eigenvalue weighted by molar-refractivity contribution is 5.94. The average molecular weight is 456 g/mol. The second-order valence-corrected chi connectivity index (χ2v) is 8.62. The molecule has 0 aliphatic heterocycles. The van der Waals surface area contributed by atoms with Crippen molar-refractivity contribution < 1.29 is 18.7 Å². The van der Waals surface area contributed by atoms with Crippen molar-refractivity contribution in [3.05, 3.63) is 59.4 Å². The largest absolute Gasteiger partial charge is 0.497 e. The third-order valence-corrected chi connectivity index (χ3v) is 6.30. The molecule has 2 aromatic rings. The van der Waals surface area contributed by atoms with Crippen LogP contribution < -0.4 is 20.7 Å². The number of hydrogen-bond acceptors (Lipinski definition) is 4. The van der Waals surface area contributed by atoms with Gasteiger partial charge in [0.2, 0.25) is 5.91 Å². The molecule has 1 atom stereocenters. The number of carbonyl (C=O) groups excluding carboxylic acids is 2. The zero-order chi connectivity index (χ0) is 23.6. The van der Waals surface area contributed by atoms with Crippen molar-refractivity contribution in [3.63, 3.8) is 0 Å². The summed E-state index contributed by atoms with van der Waals surface area (Å²) >= 11 is 0. The zero-order valence-corrected chi connectivity index (χ0v) is 19.5. The summed E-state index contributed by atoms with van der Waals surface area (Å²) in [5.41, 5.74) is 1.78. The molecular formula is C26H34FN3O3. The number of carbonyl (C=O) groups is 2. The lowest BCUT2D eigenvalue weighted by Crippen LogP contribution is -2.44. The summed E-state index contributed by atoms with van der Waals surface area (Å²) in [6, 6.07) is 11.9. The van der Waals surface area contributed by atoms with Gasteiger partial charge >= 0.3 is 0 Å². The van der Waals surface area contributed by atoms with Gasteiger partial charge in [0.25, 0.3) is 5.91 Å². The summed E-state index contributed by atoms with van der Waals surface area (Å²) in [5.74, 6) is 0.110. The molecule has 0 aromatic heterocycles. The van der Waals surface area contributed by atoms with Gasteiger partial charge in [0.05, 0.1) is 13.0 Å². The monoisotopic (exact) mass is 455 g/mol. The maximum atomic E-state index is 13.5. The molecule has 1 unspecified atom stereocenters. The summed E-state index contributed by atoms with van der Waals surface area (Å²) in [4.78, 5) is 25.6. The molecule has 178 valence electrons. The number of methoxy groups -OCH3 is 1. The Labute approximate surface area is 195 Å². The SMILES string of the molecule is COc1ccc(NCCNC(=O)C(CNC(=O)c2ccc(F)c(C)c2)C2CCCCC2)cc1. The molecule has 0 heterocycles. The Bertz CT molecular complexity index is 927. The molecule has 2 aromatic carbocycles. The fraction of sp³-hybridized carbons (Fsp3) is 0.462.